The second-order valence-corrected chi connectivity index (χ2v) is 9.60. The van der Waals surface area contributed by atoms with Gasteiger partial charge >= 0.3 is 0 Å². The summed E-state index contributed by atoms with van der Waals surface area (Å²) in [6.07, 6.45) is 35.4. The van der Waals surface area contributed by atoms with Crippen LogP contribution in [0.15, 0.2) is 0 Å². The van der Waals surface area contributed by atoms with Crippen LogP contribution in [0, 0.1) is 5.92 Å². The highest BCUT2D eigenvalue weighted by atomic mass is 14.2. The molecule has 0 bridgehead atoms. The first-order chi connectivity index (χ1) is 13.8. The van der Waals surface area contributed by atoms with Crippen LogP contribution in [0.1, 0.15) is 175 Å². The Labute approximate surface area is 181 Å². The number of unbranched alkanes of at least 4 members (excludes halogenated alkanes) is 15. The third-order valence-corrected chi connectivity index (χ3v) is 6.65. The molecule has 0 saturated heterocycles. The summed E-state index contributed by atoms with van der Waals surface area (Å²) in [7, 11) is 0. The molecule has 1 rings (SSSR count). The van der Waals surface area contributed by atoms with E-state index in [1.54, 1.807) is 0 Å². The second kappa shape index (κ2) is 25.0. The number of hydrogen-bond acceptors (Lipinski definition) is 0. The van der Waals surface area contributed by atoms with Crippen LogP contribution in [0.4, 0.5) is 0 Å². The third-order valence-electron chi connectivity index (χ3n) is 6.65. The second-order valence-electron chi connectivity index (χ2n) is 9.60. The smallest absolute Gasteiger partial charge is 0.0414 e. The lowest BCUT2D eigenvalue weighted by molar-refractivity contribution is 0.405. The zero-order chi connectivity index (χ0) is 20.5. The predicted octanol–water partition coefficient (Wildman–Crippen LogP) is 11.0. The van der Waals surface area contributed by atoms with Gasteiger partial charge in [0, 0.05) is 0 Å². The highest BCUT2D eigenvalue weighted by Crippen LogP contribution is 2.27. The lowest BCUT2D eigenvalue weighted by Gasteiger charge is -2.13. The summed E-state index contributed by atoms with van der Waals surface area (Å²) in [6.45, 7) is 6.87. The topological polar surface area (TPSA) is 0 Å². The maximum Gasteiger partial charge on any atom is -0.0414 e. The summed E-state index contributed by atoms with van der Waals surface area (Å²) >= 11 is 0. The van der Waals surface area contributed by atoms with Gasteiger partial charge in [0.05, 0.1) is 0 Å². The van der Waals surface area contributed by atoms with Crippen LogP contribution in [0.5, 0.6) is 0 Å². The van der Waals surface area contributed by atoms with Crippen molar-refractivity contribution in [1.82, 2.24) is 0 Å². The van der Waals surface area contributed by atoms with E-state index in [4.69, 9.17) is 0 Å². The minimum Gasteiger partial charge on any atom is -0.0654 e. The van der Waals surface area contributed by atoms with Crippen molar-refractivity contribution < 1.29 is 0 Å². The Morgan fingerprint density at radius 2 is 0.714 bits per heavy atom. The molecule has 1 aliphatic carbocycles. The van der Waals surface area contributed by atoms with E-state index in [2.05, 4.69) is 20.8 Å². The molecule has 0 nitrogen and oxygen atoms in total. The van der Waals surface area contributed by atoms with Crippen LogP contribution in [0.2, 0.25) is 0 Å². The maximum atomic E-state index is 2.30. The predicted molar refractivity (Wildman–Crippen MR) is 131 cm³/mol. The van der Waals surface area contributed by atoms with Gasteiger partial charge in [0.15, 0.2) is 0 Å². The fourth-order valence-electron chi connectivity index (χ4n) is 4.60. The monoisotopic (exact) mass is 394 g/mol. The minimum atomic E-state index is 1.10. The molecule has 0 aromatic carbocycles. The molecule has 28 heavy (non-hydrogen) atoms. The minimum absolute atomic E-state index is 1.10. The SMILES string of the molecule is CCCCCCCC1CCCCCC1.CCCCCCCCCCCCCC. The maximum absolute atomic E-state index is 2.30. The molecule has 0 amide bonds. The molecule has 1 fully saturated rings. The summed E-state index contributed by atoms with van der Waals surface area (Å²) < 4.78 is 0. The molecule has 0 atom stereocenters. The lowest BCUT2D eigenvalue weighted by Crippen LogP contribution is -1.98. The molecule has 0 aromatic rings. The van der Waals surface area contributed by atoms with E-state index in [-0.39, 0.29) is 0 Å². The molecule has 0 aromatic heterocycles. The molecule has 170 valence electrons. The zero-order valence-corrected chi connectivity index (χ0v) is 20.5. The van der Waals surface area contributed by atoms with Crippen LogP contribution in [0.25, 0.3) is 0 Å². The molecule has 0 spiro atoms. The summed E-state index contributed by atoms with van der Waals surface area (Å²) in [5.74, 6) is 1.10. The molecule has 1 aliphatic rings. The van der Waals surface area contributed by atoms with Gasteiger partial charge in [0.2, 0.25) is 0 Å². The van der Waals surface area contributed by atoms with Crippen molar-refractivity contribution in [3.05, 3.63) is 0 Å². The van der Waals surface area contributed by atoms with Crippen molar-refractivity contribution >= 4 is 0 Å². The standard InChI is InChI=1S/C14H28.C14H30/c1-2-3-4-5-8-11-14-12-9-6-7-10-13-14;1-3-5-7-9-11-13-14-12-10-8-6-4-2/h14H,2-13H2,1H3;3-14H2,1-2H3. The van der Waals surface area contributed by atoms with Crippen molar-refractivity contribution in [3.63, 3.8) is 0 Å². The van der Waals surface area contributed by atoms with Gasteiger partial charge in [0.1, 0.15) is 0 Å². The number of hydrogen-bond donors (Lipinski definition) is 0. The van der Waals surface area contributed by atoms with Crippen molar-refractivity contribution in [2.24, 2.45) is 5.92 Å². The summed E-state index contributed by atoms with van der Waals surface area (Å²) in [5, 5.41) is 0. The summed E-state index contributed by atoms with van der Waals surface area (Å²) in [6, 6.07) is 0. The van der Waals surface area contributed by atoms with E-state index in [0.717, 1.165) is 5.92 Å². The van der Waals surface area contributed by atoms with E-state index in [1.807, 2.05) is 0 Å². The molecule has 1 saturated carbocycles. The van der Waals surface area contributed by atoms with E-state index < -0.39 is 0 Å². The highest BCUT2D eigenvalue weighted by Gasteiger charge is 2.11. The van der Waals surface area contributed by atoms with Crippen molar-refractivity contribution in [2.45, 2.75) is 175 Å². The van der Waals surface area contributed by atoms with Crippen molar-refractivity contribution in [2.75, 3.05) is 0 Å². The quantitative estimate of drug-likeness (QED) is 0.170. The summed E-state index contributed by atoms with van der Waals surface area (Å²) in [4.78, 5) is 0. The molecule has 0 heteroatoms. The third kappa shape index (κ3) is 22.3. The number of rotatable bonds is 17. The molecule has 0 radical (unpaired) electrons. The van der Waals surface area contributed by atoms with E-state index >= 15 is 0 Å². The average Bonchev–Trinajstić information content (AvgIpc) is 2.99. The Morgan fingerprint density at radius 1 is 0.393 bits per heavy atom. The van der Waals surface area contributed by atoms with Crippen molar-refractivity contribution in [3.8, 4) is 0 Å². The fourth-order valence-corrected chi connectivity index (χ4v) is 4.60. The largest absolute Gasteiger partial charge is 0.0654 e. The van der Waals surface area contributed by atoms with E-state index in [1.165, 1.54) is 154 Å². The van der Waals surface area contributed by atoms with Crippen LogP contribution in [-0.4, -0.2) is 0 Å². The van der Waals surface area contributed by atoms with Gasteiger partial charge in [-0.1, -0.05) is 175 Å². The van der Waals surface area contributed by atoms with Crippen LogP contribution in [-0.2, 0) is 0 Å². The van der Waals surface area contributed by atoms with Crippen LogP contribution < -0.4 is 0 Å². The van der Waals surface area contributed by atoms with Gasteiger partial charge in [-0.3, -0.25) is 0 Å². The molecule has 0 unspecified atom stereocenters. The first-order valence-electron chi connectivity index (χ1n) is 13.8. The first-order valence-corrected chi connectivity index (χ1v) is 13.8. The Kier molecular flexibility index (Phi) is 25.0. The van der Waals surface area contributed by atoms with Crippen LogP contribution in [0.3, 0.4) is 0 Å². The molecule has 0 aliphatic heterocycles. The van der Waals surface area contributed by atoms with Crippen LogP contribution >= 0.6 is 0 Å². The van der Waals surface area contributed by atoms with E-state index in [0.29, 0.717) is 0 Å². The van der Waals surface area contributed by atoms with E-state index in [9.17, 15) is 0 Å². The Morgan fingerprint density at radius 3 is 1.07 bits per heavy atom. The Balaban J connectivity index is 0.000000521. The van der Waals surface area contributed by atoms with Gasteiger partial charge in [-0.05, 0) is 5.92 Å². The Bertz CT molecular complexity index is 237. The average molecular weight is 395 g/mol. The van der Waals surface area contributed by atoms with Gasteiger partial charge in [-0.15, -0.1) is 0 Å². The molecule has 0 heterocycles. The molecular formula is C28H58. The zero-order valence-electron chi connectivity index (χ0n) is 20.5. The van der Waals surface area contributed by atoms with Gasteiger partial charge in [-0.2, -0.15) is 0 Å². The molecular weight excluding hydrogens is 336 g/mol. The molecule has 0 N–H and O–H groups in total. The normalized spacial score (nSPS) is 15.1. The summed E-state index contributed by atoms with van der Waals surface area (Å²) in [5.41, 5.74) is 0. The highest BCUT2D eigenvalue weighted by molar-refractivity contribution is 4.64. The Hall–Kier alpha value is 0. The van der Waals surface area contributed by atoms with Crippen molar-refractivity contribution in [1.29, 1.82) is 0 Å². The fraction of sp³-hybridized carbons (Fsp3) is 1.00. The van der Waals surface area contributed by atoms with Gasteiger partial charge in [0.25, 0.3) is 0 Å². The lowest BCUT2D eigenvalue weighted by atomic mass is 9.93. The van der Waals surface area contributed by atoms with Gasteiger partial charge < -0.3 is 0 Å². The van der Waals surface area contributed by atoms with Gasteiger partial charge in [-0.25, -0.2) is 0 Å². The first kappa shape index (κ1) is 28.0.